The molecule has 0 aromatic heterocycles. The number of carbonyl (C=O) groups is 1. The van der Waals surface area contributed by atoms with Crippen molar-refractivity contribution in [2.45, 2.75) is 18.9 Å². The molecule has 0 bridgehead atoms. The number of thiocarbonyl (C=S) groups is 1. The summed E-state index contributed by atoms with van der Waals surface area (Å²) in [5.41, 5.74) is 6.05. The molecule has 0 radical (unpaired) electrons. The summed E-state index contributed by atoms with van der Waals surface area (Å²) in [6.45, 7) is 0.0789. The first kappa shape index (κ1) is 12.8. The van der Waals surface area contributed by atoms with Crippen molar-refractivity contribution in [2.75, 3.05) is 11.9 Å². The molecule has 1 aliphatic rings. The second-order valence-electron chi connectivity index (χ2n) is 4.22. The lowest BCUT2D eigenvalue weighted by atomic mass is 10.1. The van der Waals surface area contributed by atoms with E-state index in [1.54, 1.807) is 6.07 Å². The van der Waals surface area contributed by atoms with Crippen LogP contribution in [0.1, 0.15) is 18.4 Å². The van der Waals surface area contributed by atoms with Crippen LogP contribution in [0, 0.1) is 5.82 Å². The van der Waals surface area contributed by atoms with E-state index < -0.39 is 5.82 Å². The molecule has 0 aliphatic heterocycles. The van der Waals surface area contributed by atoms with Crippen LogP contribution in [0.5, 0.6) is 0 Å². The van der Waals surface area contributed by atoms with Crippen molar-refractivity contribution in [3.8, 4) is 0 Å². The fourth-order valence-corrected chi connectivity index (χ4v) is 1.81. The summed E-state index contributed by atoms with van der Waals surface area (Å²) in [6.07, 6.45) is 2.06. The van der Waals surface area contributed by atoms with Gasteiger partial charge in [0.2, 0.25) is 5.91 Å². The Morgan fingerprint density at radius 2 is 2.22 bits per heavy atom. The molecule has 18 heavy (non-hydrogen) atoms. The molecule has 0 spiro atoms. The Balaban J connectivity index is 2.01. The van der Waals surface area contributed by atoms with Crippen LogP contribution in [-0.4, -0.2) is 23.5 Å². The normalized spacial score (nSPS) is 14.1. The summed E-state index contributed by atoms with van der Waals surface area (Å²) in [5, 5.41) is 5.68. The Kier molecular flexibility index (Phi) is 3.76. The Morgan fingerprint density at radius 3 is 2.83 bits per heavy atom. The number of amides is 1. The first-order valence-corrected chi connectivity index (χ1v) is 6.10. The van der Waals surface area contributed by atoms with Crippen molar-refractivity contribution < 1.29 is 9.18 Å². The van der Waals surface area contributed by atoms with Crippen LogP contribution in [-0.2, 0) is 4.79 Å². The first-order valence-electron chi connectivity index (χ1n) is 5.69. The van der Waals surface area contributed by atoms with E-state index >= 15 is 0 Å². The molecule has 0 heterocycles. The average Bonchev–Trinajstić information content (AvgIpc) is 3.09. The lowest BCUT2D eigenvalue weighted by Gasteiger charge is -2.11. The number of rotatable bonds is 5. The second kappa shape index (κ2) is 5.30. The zero-order chi connectivity index (χ0) is 13.1. The van der Waals surface area contributed by atoms with E-state index in [2.05, 4.69) is 10.6 Å². The summed E-state index contributed by atoms with van der Waals surface area (Å²) in [6, 6.07) is 4.77. The lowest BCUT2D eigenvalue weighted by Crippen LogP contribution is -2.32. The summed E-state index contributed by atoms with van der Waals surface area (Å²) in [7, 11) is 0. The average molecular weight is 267 g/mol. The van der Waals surface area contributed by atoms with Gasteiger partial charge in [0, 0.05) is 11.7 Å². The summed E-state index contributed by atoms with van der Waals surface area (Å²) >= 11 is 4.79. The quantitative estimate of drug-likeness (QED) is 0.700. The van der Waals surface area contributed by atoms with Crippen molar-refractivity contribution in [1.29, 1.82) is 0 Å². The van der Waals surface area contributed by atoms with Crippen LogP contribution in [0.25, 0.3) is 0 Å². The maximum absolute atomic E-state index is 13.5. The van der Waals surface area contributed by atoms with Crippen molar-refractivity contribution in [1.82, 2.24) is 5.32 Å². The number of hydrogen-bond acceptors (Lipinski definition) is 3. The molecule has 6 heteroatoms. The number of nitrogens with one attached hydrogen (secondary N) is 2. The Labute approximate surface area is 110 Å². The van der Waals surface area contributed by atoms with Crippen molar-refractivity contribution in [2.24, 2.45) is 5.73 Å². The highest BCUT2D eigenvalue weighted by molar-refractivity contribution is 7.80. The maximum Gasteiger partial charge on any atom is 0.239 e. The van der Waals surface area contributed by atoms with Crippen LogP contribution < -0.4 is 16.4 Å². The number of halogens is 1. The fraction of sp³-hybridized carbons (Fsp3) is 0.333. The molecular formula is C12H14FN3OS. The number of nitrogens with two attached hydrogens (primary N) is 1. The minimum atomic E-state index is -0.491. The van der Waals surface area contributed by atoms with Crippen molar-refractivity contribution >= 4 is 28.8 Å². The fourth-order valence-electron chi connectivity index (χ4n) is 1.60. The summed E-state index contributed by atoms with van der Waals surface area (Å²) < 4.78 is 13.5. The predicted octanol–water partition coefficient (Wildman–Crippen LogP) is 1.15. The van der Waals surface area contributed by atoms with Gasteiger partial charge in [-0.1, -0.05) is 18.3 Å². The Hall–Kier alpha value is -1.69. The molecule has 1 amide bonds. The van der Waals surface area contributed by atoms with Crippen LogP contribution in [0.2, 0.25) is 0 Å². The van der Waals surface area contributed by atoms with Gasteiger partial charge in [-0.2, -0.15) is 0 Å². The zero-order valence-corrected chi connectivity index (χ0v) is 10.5. The molecule has 1 aromatic carbocycles. The molecule has 1 saturated carbocycles. The molecule has 1 aromatic rings. The third-order valence-corrected chi connectivity index (χ3v) is 2.85. The van der Waals surface area contributed by atoms with Gasteiger partial charge >= 0.3 is 0 Å². The van der Waals surface area contributed by atoms with Gasteiger partial charge in [0.15, 0.2) is 0 Å². The van der Waals surface area contributed by atoms with Gasteiger partial charge in [0.1, 0.15) is 10.8 Å². The highest BCUT2D eigenvalue weighted by Crippen LogP contribution is 2.20. The number of anilines is 1. The van der Waals surface area contributed by atoms with E-state index in [1.807, 2.05) is 0 Å². The molecular weight excluding hydrogens is 253 g/mol. The smallest absolute Gasteiger partial charge is 0.239 e. The third-order valence-electron chi connectivity index (χ3n) is 2.64. The number of benzene rings is 1. The summed E-state index contributed by atoms with van der Waals surface area (Å²) in [4.78, 5) is 11.5. The van der Waals surface area contributed by atoms with Crippen LogP contribution in [0.3, 0.4) is 0 Å². The number of hydrogen-bond donors (Lipinski definition) is 3. The van der Waals surface area contributed by atoms with Gasteiger partial charge in [0.05, 0.1) is 12.1 Å². The van der Waals surface area contributed by atoms with Gasteiger partial charge in [-0.05, 0) is 25.0 Å². The van der Waals surface area contributed by atoms with Crippen LogP contribution in [0.4, 0.5) is 10.1 Å². The third kappa shape index (κ3) is 3.16. The van der Waals surface area contributed by atoms with Gasteiger partial charge in [-0.25, -0.2) is 4.39 Å². The molecule has 0 unspecified atom stereocenters. The molecule has 0 saturated heterocycles. The van der Waals surface area contributed by atoms with Gasteiger partial charge < -0.3 is 16.4 Å². The van der Waals surface area contributed by atoms with Crippen molar-refractivity contribution in [3.63, 3.8) is 0 Å². The minimum absolute atomic E-state index is 0.0294. The predicted molar refractivity (Wildman–Crippen MR) is 71.9 cm³/mol. The van der Waals surface area contributed by atoms with Gasteiger partial charge in [0.25, 0.3) is 0 Å². The molecule has 4 nitrogen and oxygen atoms in total. The molecule has 1 fully saturated rings. The Bertz CT molecular complexity index is 488. The van der Waals surface area contributed by atoms with E-state index in [0.717, 1.165) is 12.8 Å². The van der Waals surface area contributed by atoms with E-state index in [0.29, 0.717) is 11.7 Å². The standard InChI is InChI=1S/C12H14FN3OS/c13-8-2-1-3-9(11(8)12(14)18)15-6-10(17)16-7-4-5-7/h1-3,7,15H,4-6H2,(H2,14,18)(H,16,17). The highest BCUT2D eigenvalue weighted by atomic mass is 32.1. The zero-order valence-electron chi connectivity index (χ0n) is 9.70. The lowest BCUT2D eigenvalue weighted by molar-refractivity contribution is -0.119. The van der Waals surface area contributed by atoms with Crippen molar-refractivity contribution in [3.05, 3.63) is 29.6 Å². The van der Waals surface area contributed by atoms with Crippen LogP contribution >= 0.6 is 12.2 Å². The monoisotopic (exact) mass is 267 g/mol. The molecule has 96 valence electrons. The maximum atomic E-state index is 13.5. The van der Waals surface area contributed by atoms with Crippen LogP contribution in [0.15, 0.2) is 18.2 Å². The highest BCUT2D eigenvalue weighted by Gasteiger charge is 2.23. The topological polar surface area (TPSA) is 67.1 Å². The van der Waals surface area contributed by atoms with E-state index in [1.165, 1.54) is 12.1 Å². The molecule has 1 aliphatic carbocycles. The largest absolute Gasteiger partial charge is 0.389 e. The van der Waals surface area contributed by atoms with E-state index in [4.69, 9.17) is 18.0 Å². The minimum Gasteiger partial charge on any atom is -0.389 e. The molecule has 2 rings (SSSR count). The summed E-state index contributed by atoms with van der Waals surface area (Å²) in [5.74, 6) is -0.606. The molecule has 4 N–H and O–H groups in total. The van der Waals surface area contributed by atoms with E-state index in [9.17, 15) is 9.18 Å². The SMILES string of the molecule is NC(=S)c1c(F)cccc1NCC(=O)NC1CC1. The Morgan fingerprint density at radius 1 is 1.50 bits per heavy atom. The number of carbonyl (C=O) groups excluding carboxylic acids is 1. The second-order valence-corrected chi connectivity index (χ2v) is 4.66. The first-order chi connectivity index (χ1) is 8.58. The van der Waals surface area contributed by atoms with Gasteiger partial charge in [-0.3, -0.25) is 4.79 Å². The van der Waals surface area contributed by atoms with E-state index in [-0.39, 0.29) is 23.0 Å². The van der Waals surface area contributed by atoms with Gasteiger partial charge in [-0.15, -0.1) is 0 Å². The molecule has 0 atom stereocenters.